The lowest BCUT2D eigenvalue weighted by Crippen LogP contribution is -2.34. The highest BCUT2D eigenvalue weighted by atomic mass is 35.5. The Bertz CT molecular complexity index is 1170. The minimum Gasteiger partial charge on any atom is -0.339 e. The van der Waals surface area contributed by atoms with Crippen molar-refractivity contribution in [2.45, 2.75) is 42.8 Å². The van der Waals surface area contributed by atoms with Gasteiger partial charge in [0.2, 0.25) is 0 Å². The van der Waals surface area contributed by atoms with Crippen LogP contribution in [-0.2, 0) is 36.5 Å². The quantitative estimate of drug-likeness (QED) is 0.586. The minimum absolute atomic E-state index is 0. The Hall–Kier alpha value is -2.26. The number of nitrogens with two attached hydrogens (primary N) is 1. The van der Waals surface area contributed by atoms with Crippen molar-refractivity contribution in [2.75, 3.05) is 0 Å². The Kier molecular flexibility index (Phi) is 7.16. The second-order valence-electron chi connectivity index (χ2n) is 7.88. The normalized spacial score (nSPS) is 18.3. The van der Waals surface area contributed by atoms with E-state index in [2.05, 4.69) is 9.71 Å². The lowest BCUT2D eigenvalue weighted by molar-refractivity contribution is 0.466. The predicted molar refractivity (Wildman–Crippen MR) is 120 cm³/mol. The molecular weight excluding hydrogens is 439 g/mol. The van der Waals surface area contributed by atoms with Crippen LogP contribution in [0.5, 0.6) is 0 Å². The molecule has 4 rings (SSSR count). The molecule has 0 radical (unpaired) electrons. The van der Waals surface area contributed by atoms with Gasteiger partial charge in [-0.3, -0.25) is 0 Å². The summed E-state index contributed by atoms with van der Waals surface area (Å²) in [4.78, 5) is 3.91. The van der Waals surface area contributed by atoms with Crippen LogP contribution in [0.4, 0.5) is 4.39 Å². The molecule has 1 aliphatic carbocycles. The van der Waals surface area contributed by atoms with Crippen LogP contribution in [0.15, 0.2) is 60.0 Å². The molecule has 0 fully saturated rings. The summed E-state index contributed by atoms with van der Waals surface area (Å²) in [7, 11) is -1.97. The molecule has 2 atom stereocenters. The van der Waals surface area contributed by atoms with Crippen LogP contribution in [0.1, 0.15) is 34.6 Å². The molecule has 2 unspecified atom stereocenters. The Morgan fingerprint density at radius 1 is 1.23 bits per heavy atom. The second kappa shape index (κ2) is 9.48. The molecule has 0 amide bonds. The number of hydrogen-bond donors (Lipinski definition) is 2. The number of aryl methyl sites for hydroxylation is 2. The average molecular weight is 465 g/mol. The molecule has 0 saturated heterocycles. The van der Waals surface area contributed by atoms with E-state index in [4.69, 9.17) is 5.73 Å². The highest BCUT2D eigenvalue weighted by Crippen LogP contribution is 2.34. The summed E-state index contributed by atoms with van der Waals surface area (Å²) in [6.45, 7) is 0.161. The molecule has 31 heavy (non-hydrogen) atoms. The van der Waals surface area contributed by atoms with Crippen LogP contribution in [0, 0.1) is 5.82 Å². The van der Waals surface area contributed by atoms with Crippen molar-refractivity contribution in [3.05, 3.63) is 83.1 Å². The van der Waals surface area contributed by atoms with Gasteiger partial charge in [0.25, 0.3) is 10.0 Å². The van der Waals surface area contributed by atoms with Crippen LogP contribution in [-0.4, -0.2) is 24.0 Å². The molecule has 0 aliphatic heterocycles. The summed E-state index contributed by atoms with van der Waals surface area (Å²) in [5.74, 6) is -0.197. The van der Waals surface area contributed by atoms with Crippen LogP contribution in [0.25, 0.3) is 0 Å². The van der Waals surface area contributed by atoms with E-state index < -0.39 is 10.0 Å². The third-order valence-corrected chi connectivity index (χ3v) is 6.93. The van der Waals surface area contributed by atoms with Crippen LogP contribution in [0.3, 0.4) is 0 Å². The van der Waals surface area contributed by atoms with Gasteiger partial charge < -0.3 is 10.3 Å². The number of imidazole rings is 1. The van der Waals surface area contributed by atoms with Crippen molar-refractivity contribution < 1.29 is 12.8 Å². The van der Waals surface area contributed by atoms with E-state index in [9.17, 15) is 12.8 Å². The van der Waals surface area contributed by atoms with Gasteiger partial charge in [-0.25, -0.2) is 22.5 Å². The number of rotatable bonds is 6. The summed E-state index contributed by atoms with van der Waals surface area (Å²) in [5, 5.41) is -0.00559. The van der Waals surface area contributed by atoms with Crippen molar-refractivity contribution in [1.82, 2.24) is 14.3 Å². The molecule has 3 aromatic rings. The van der Waals surface area contributed by atoms with Gasteiger partial charge in [0.15, 0.2) is 5.03 Å². The topological polar surface area (TPSA) is 90.0 Å². The van der Waals surface area contributed by atoms with E-state index in [1.54, 1.807) is 23.7 Å². The first kappa shape index (κ1) is 23.4. The summed E-state index contributed by atoms with van der Waals surface area (Å²) >= 11 is 0. The van der Waals surface area contributed by atoms with Gasteiger partial charge in [0.05, 0.1) is 6.33 Å². The fraction of sp³-hybridized carbons (Fsp3) is 0.318. The highest BCUT2D eigenvalue weighted by molar-refractivity contribution is 7.89. The number of nitrogens with one attached hydrogen (secondary N) is 1. The highest BCUT2D eigenvalue weighted by Gasteiger charge is 2.28. The number of benzene rings is 2. The van der Waals surface area contributed by atoms with Gasteiger partial charge in [-0.05, 0) is 53.6 Å². The fourth-order valence-electron chi connectivity index (χ4n) is 4.04. The Labute approximate surface area is 188 Å². The third-order valence-electron chi connectivity index (χ3n) is 5.64. The molecule has 0 bridgehead atoms. The number of aromatic nitrogens is 2. The largest absolute Gasteiger partial charge is 0.339 e. The molecule has 166 valence electrons. The van der Waals surface area contributed by atoms with Crippen LogP contribution >= 0.6 is 12.4 Å². The van der Waals surface area contributed by atoms with Gasteiger partial charge in [0, 0.05) is 31.7 Å². The first-order valence-electron chi connectivity index (χ1n) is 9.91. The van der Waals surface area contributed by atoms with Crippen LogP contribution in [0.2, 0.25) is 0 Å². The SMILES string of the molecule is Cl.Cn1cnc(S(=O)(=O)NCc2ccc3c(c2)C(Cc2cccc(F)c2)C(N)CC3)c1. The maximum absolute atomic E-state index is 13.6. The molecule has 1 heterocycles. The van der Waals surface area contributed by atoms with Crippen molar-refractivity contribution in [1.29, 1.82) is 0 Å². The van der Waals surface area contributed by atoms with Gasteiger partial charge in [0.1, 0.15) is 5.82 Å². The van der Waals surface area contributed by atoms with Crippen LogP contribution < -0.4 is 10.5 Å². The summed E-state index contributed by atoms with van der Waals surface area (Å²) in [6.07, 6.45) is 5.32. The number of fused-ring (bicyclic) bond motifs is 1. The number of nitrogens with zero attached hydrogens (tertiary/aromatic N) is 2. The van der Waals surface area contributed by atoms with Crippen molar-refractivity contribution in [3.63, 3.8) is 0 Å². The maximum atomic E-state index is 13.6. The minimum atomic E-state index is -3.68. The van der Waals surface area contributed by atoms with Gasteiger partial charge >= 0.3 is 0 Å². The summed E-state index contributed by atoms with van der Waals surface area (Å²) < 4.78 is 42.7. The van der Waals surface area contributed by atoms with Crippen molar-refractivity contribution in [2.24, 2.45) is 12.8 Å². The van der Waals surface area contributed by atoms with Gasteiger partial charge in [-0.2, -0.15) is 0 Å². The van der Waals surface area contributed by atoms with Crippen molar-refractivity contribution >= 4 is 22.4 Å². The molecule has 9 heteroatoms. The zero-order chi connectivity index (χ0) is 21.3. The lowest BCUT2D eigenvalue weighted by Gasteiger charge is -2.32. The van der Waals surface area contributed by atoms with E-state index >= 15 is 0 Å². The Balaban J connectivity index is 0.00000272. The first-order valence-corrected chi connectivity index (χ1v) is 11.4. The maximum Gasteiger partial charge on any atom is 0.259 e. The van der Waals surface area contributed by atoms with E-state index in [-0.39, 0.29) is 41.8 Å². The molecular formula is C22H26ClFN4O2S. The number of hydrogen-bond acceptors (Lipinski definition) is 4. The molecule has 0 saturated carbocycles. The first-order chi connectivity index (χ1) is 14.3. The smallest absolute Gasteiger partial charge is 0.259 e. The fourth-order valence-corrected chi connectivity index (χ4v) is 5.04. The zero-order valence-electron chi connectivity index (χ0n) is 17.2. The monoisotopic (exact) mass is 464 g/mol. The zero-order valence-corrected chi connectivity index (χ0v) is 18.8. The van der Waals surface area contributed by atoms with Gasteiger partial charge in [-0.1, -0.05) is 30.3 Å². The Morgan fingerprint density at radius 3 is 2.74 bits per heavy atom. The molecule has 0 spiro atoms. The second-order valence-corrected chi connectivity index (χ2v) is 9.59. The standard InChI is InChI=1S/C22H25FN4O2S.ClH/c1-27-13-22(25-14-27)30(28,29)26-12-16-5-6-17-7-8-21(24)20(19(17)11-16)10-15-3-2-4-18(23)9-15;/h2-6,9,11,13-14,20-21,26H,7-8,10,12,24H2,1H3;1H. The van der Waals surface area contributed by atoms with E-state index in [1.807, 2.05) is 24.3 Å². The van der Waals surface area contributed by atoms with E-state index in [1.165, 1.54) is 24.2 Å². The van der Waals surface area contributed by atoms with E-state index in [0.29, 0.717) is 6.42 Å². The average Bonchev–Trinajstić information content (AvgIpc) is 3.16. The third kappa shape index (κ3) is 5.33. The Morgan fingerprint density at radius 2 is 2.03 bits per heavy atom. The number of halogens is 2. The predicted octanol–water partition coefficient (Wildman–Crippen LogP) is 3.06. The lowest BCUT2D eigenvalue weighted by atomic mass is 9.76. The molecule has 2 aromatic carbocycles. The molecule has 3 N–H and O–H groups in total. The van der Waals surface area contributed by atoms with E-state index in [0.717, 1.165) is 29.5 Å². The summed E-state index contributed by atoms with van der Waals surface area (Å²) in [5.41, 5.74) is 10.5. The molecule has 6 nitrogen and oxygen atoms in total. The number of sulfonamides is 1. The molecule has 1 aromatic heterocycles. The summed E-state index contributed by atoms with van der Waals surface area (Å²) in [6, 6.07) is 12.6. The molecule has 1 aliphatic rings. The van der Waals surface area contributed by atoms with Gasteiger partial charge in [-0.15, -0.1) is 12.4 Å². The van der Waals surface area contributed by atoms with Crippen molar-refractivity contribution in [3.8, 4) is 0 Å².